The molecule has 0 aliphatic rings. The van der Waals surface area contributed by atoms with Gasteiger partial charge in [-0.05, 0) is 35.4 Å². The average molecular weight is 479 g/mol. The predicted octanol–water partition coefficient (Wildman–Crippen LogP) is 4.20. The van der Waals surface area contributed by atoms with Crippen LogP contribution in [0.4, 0.5) is 13.2 Å². The summed E-state index contributed by atoms with van der Waals surface area (Å²) in [5.74, 6) is 1.28. The molecule has 2 N–H and O–H groups in total. The van der Waals surface area contributed by atoms with Crippen molar-refractivity contribution in [3.05, 3.63) is 65.2 Å². The van der Waals surface area contributed by atoms with Gasteiger partial charge >= 0.3 is 6.18 Å². The number of aliphatic imine (C=N–C) groups is 1. The molecule has 0 heterocycles. The minimum absolute atomic E-state index is 0. The molecule has 2 aromatic rings. The molecule has 0 saturated carbocycles. The van der Waals surface area contributed by atoms with E-state index >= 15 is 0 Å². The van der Waals surface area contributed by atoms with Crippen molar-refractivity contribution in [1.82, 2.24) is 10.6 Å². The number of rotatable bonds is 5. The van der Waals surface area contributed by atoms with Gasteiger partial charge in [-0.1, -0.05) is 24.3 Å². The molecular formula is C18H21F3IN3O. The van der Waals surface area contributed by atoms with Crippen LogP contribution < -0.4 is 15.4 Å². The monoisotopic (exact) mass is 479 g/mol. The summed E-state index contributed by atoms with van der Waals surface area (Å²) in [6.07, 6.45) is -4.34. The highest BCUT2D eigenvalue weighted by Gasteiger charge is 2.30. The molecule has 8 heteroatoms. The van der Waals surface area contributed by atoms with Gasteiger partial charge in [0.25, 0.3) is 0 Å². The van der Waals surface area contributed by atoms with Crippen molar-refractivity contribution in [3.63, 3.8) is 0 Å². The molecule has 0 bridgehead atoms. The summed E-state index contributed by atoms with van der Waals surface area (Å²) < 4.78 is 43.3. The second kappa shape index (κ2) is 10.2. The maximum Gasteiger partial charge on any atom is 0.416 e. The molecule has 142 valence electrons. The van der Waals surface area contributed by atoms with E-state index in [0.29, 0.717) is 18.1 Å². The van der Waals surface area contributed by atoms with Crippen molar-refractivity contribution in [1.29, 1.82) is 0 Å². The van der Waals surface area contributed by atoms with Crippen LogP contribution in [0.5, 0.6) is 5.75 Å². The van der Waals surface area contributed by atoms with Crippen LogP contribution in [-0.4, -0.2) is 20.1 Å². The van der Waals surface area contributed by atoms with Crippen molar-refractivity contribution in [2.24, 2.45) is 4.99 Å². The summed E-state index contributed by atoms with van der Waals surface area (Å²) in [6.45, 7) is 0.776. The van der Waals surface area contributed by atoms with Gasteiger partial charge in [0, 0.05) is 20.1 Å². The quantitative estimate of drug-likeness (QED) is 0.384. The predicted molar refractivity (Wildman–Crippen MR) is 107 cm³/mol. The van der Waals surface area contributed by atoms with E-state index in [-0.39, 0.29) is 30.5 Å². The highest BCUT2D eigenvalue weighted by atomic mass is 127. The second-order valence-corrected chi connectivity index (χ2v) is 5.33. The number of hydrogen-bond acceptors (Lipinski definition) is 2. The molecule has 2 aromatic carbocycles. The summed E-state index contributed by atoms with van der Waals surface area (Å²) in [6, 6.07) is 12.8. The number of nitrogens with zero attached hydrogens (tertiary/aromatic N) is 1. The van der Waals surface area contributed by atoms with Crippen molar-refractivity contribution >= 4 is 29.9 Å². The maximum atomic E-state index is 12.7. The Labute approximate surface area is 167 Å². The van der Waals surface area contributed by atoms with Crippen LogP contribution >= 0.6 is 24.0 Å². The first-order valence-corrected chi connectivity index (χ1v) is 7.66. The van der Waals surface area contributed by atoms with Gasteiger partial charge < -0.3 is 15.4 Å². The fraction of sp³-hybridized carbons (Fsp3) is 0.278. The maximum absolute atomic E-state index is 12.7. The number of halogens is 4. The second-order valence-electron chi connectivity index (χ2n) is 5.33. The Balaban J connectivity index is 0.00000338. The Kier molecular flexibility index (Phi) is 8.70. The molecule has 0 amide bonds. The van der Waals surface area contributed by atoms with Gasteiger partial charge in [-0.2, -0.15) is 13.2 Å². The Bertz CT molecular complexity index is 718. The smallest absolute Gasteiger partial charge is 0.416 e. The SMILES string of the molecule is CN=C(NCc1ccc(OC)cc1)NCc1cccc(C(F)(F)F)c1.I. The van der Waals surface area contributed by atoms with Gasteiger partial charge in [-0.25, -0.2) is 0 Å². The highest BCUT2D eigenvalue weighted by Crippen LogP contribution is 2.29. The van der Waals surface area contributed by atoms with E-state index in [1.807, 2.05) is 24.3 Å². The first-order valence-electron chi connectivity index (χ1n) is 7.66. The molecule has 0 saturated heterocycles. The number of ether oxygens (including phenoxy) is 1. The fourth-order valence-electron chi connectivity index (χ4n) is 2.19. The van der Waals surface area contributed by atoms with Crippen molar-refractivity contribution in [2.45, 2.75) is 19.3 Å². The van der Waals surface area contributed by atoms with Crippen LogP contribution in [0.2, 0.25) is 0 Å². The van der Waals surface area contributed by atoms with E-state index in [0.717, 1.165) is 23.4 Å². The minimum Gasteiger partial charge on any atom is -0.497 e. The molecular weight excluding hydrogens is 458 g/mol. The lowest BCUT2D eigenvalue weighted by molar-refractivity contribution is -0.137. The van der Waals surface area contributed by atoms with Crippen LogP contribution in [-0.2, 0) is 19.3 Å². The topological polar surface area (TPSA) is 45.7 Å². The molecule has 0 fully saturated rings. The third-order valence-corrected chi connectivity index (χ3v) is 3.56. The summed E-state index contributed by atoms with van der Waals surface area (Å²) in [7, 11) is 3.21. The van der Waals surface area contributed by atoms with Crippen molar-refractivity contribution in [2.75, 3.05) is 14.2 Å². The molecule has 0 aromatic heterocycles. The van der Waals surface area contributed by atoms with E-state index in [1.54, 1.807) is 20.2 Å². The number of methoxy groups -OCH3 is 1. The average Bonchev–Trinajstić information content (AvgIpc) is 2.62. The molecule has 0 radical (unpaired) electrons. The summed E-state index contributed by atoms with van der Waals surface area (Å²) in [4.78, 5) is 4.07. The Hall–Kier alpha value is -1.97. The van der Waals surface area contributed by atoms with Gasteiger partial charge in [0.05, 0.1) is 12.7 Å². The Morgan fingerprint density at radius 1 is 1.00 bits per heavy atom. The lowest BCUT2D eigenvalue weighted by Gasteiger charge is -2.13. The van der Waals surface area contributed by atoms with E-state index < -0.39 is 11.7 Å². The van der Waals surface area contributed by atoms with Crippen LogP contribution in [0, 0.1) is 0 Å². The van der Waals surface area contributed by atoms with Gasteiger partial charge in [-0.3, -0.25) is 4.99 Å². The van der Waals surface area contributed by atoms with E-state index in [1.165, 1.54) is 6.07 Å². The summed E-state index contributed by atoms with van der Waals surface area (Å²) in [5.41, 5.74) is 0.901. The zero-order valence-electron chi connectivity index (χ0n) is 14.4. The van der Waals surface area contributed by atoms with Gasteiger partial charge in [0.15, 0.2) is 5.96 Å². The molecule has 0 atom stereocenters. The number of nitrogens with one attached hydrogen (secondary N) is 2. The zero-order valence-corrected chi connectivity index (χ0v) is 16.8. The molecule has 0 spiro atoms. The molecule has 2 rings (SSSR count). The number of guanidine groups is 1. The van der Waals surface area contributed by atoms with Crippen LogP contribution in [0.15, 0.2) is 53.5 Å². The van der Waals surface area contributed by atoms with Gasteiger partial charge in [0.2, 0.25) is 0 Å². The Morgan fingerprint density at radius 2 is 1.62 bits per heavy atom. The lowest BCUT2D eigenvalue weighted by Crippen LogP contribution is -2.36. The van der Waals surface area contributed by atoms with Crippen LogP contribution in [0.25, 0.3) is 0 Å². The number of alkyl halides is 3. The standard InChI is InChI=1S/C18H20F3N3O.HI/c1-22-17(23-11-13-6-8-16(25-2)9-7-13)24-12-14-4-3-5-15(10-14)18(19,20)21;/h3-10H,11-12H2,1-2H3,(H2,22,23,24);1H. The van der Waals surface area contributed by atoms with E-state index in [4.69, 9.17) is 4.74 Å². The van der Waals surface area contributed by atoms with E-state index in [9.17, 15) is 13.2 Å². The van der Waals surface area contributed by atoms with Crippen LogP contribution in [0.1, 0.15) is 16.7 Å². The highest BCUT2D eigenvalue weighted by molar-refractivity contribution is 14.0. The third kappa shape index (κ3) is 6.74. The zero-order chi connectivity index (χ0) is 18.3. The van der Waals surface area contributed by atoms with Crippen molar-refractivity contribution < 1.29 is 17.9 Å². The fourth-order valence-corrected chi connectivity index (χ4v) is 2.19. The third-order valence-electron chi connectivity index (χ3n) is 3.56. The normalized spacial score (nSPS) is 11.5. The van der Waals surface area contributed by atoms with Gasteiger partial charge in [0.1, 0.15) is 5.75 Å². The molecule has 0 unspecified atom stereocenters. The summed E-state index contributed by atoms with van der Waals surface area (Å²) in [5, 5.41) is 6.12. The number of benzene rings is 2. The van der Waals surface area contributed by atoms with Gasteiger partial charge in [-0.15, -0.1) is 24.0 Å². The van der Waals surface area contributed by atoms with E-state index in [2.05, 4.69) is 15.6 Å². The molecule has 0 aliphatic carbocycles. The van der Waals surface area contributed by atoms with Crippen LogP contribution in [0.3, 0.4) is 0 Å². The molecule has 4 nitrogen and oxygen atoms in total. The minimum atomic E-state index is -4.34. The van der Waals surface area contributed by atoms with Crippen molar-refractivity contribution in [3.8, 4) is 5.75 Å². The lowest BCUT2D eigenvalue weighted by atomic mass is 10.1. The first-order chi connectivity index (χ1) is 11.9. The largest absolute Gasteiger partial charge is 0.497 e. The first kappa shape index (κ1) is 22.1. The number of hydrogen-bond donors (Lipinski definition) is 2. The molecule has 0 aliphatic heterocycles. The Morgan fingerprint density at radius 3 is 2.15 bits per heavy atom. The molecule has 26 heavy (non-hydrogen) atoms. The summed E-state index contributed by atoms with van der Waals surface area (Å²) >= 11 is 0.